The molecular formula is C17H14F3N5O. The fourth-order valence-corrected chi connectivity index (χ4v) is 2.41. The third kappa shape index (κ3) is 4.05. The summed E-state index contributed by atoms with van der Waals surface area (Å²) in [7, 11) is 1.70. The number of nitrogens with one attached hydrogen (secondary N) is 1. The number of benzene rings is 2. The highest BCUT2D eigenvalue weighted by atomic mass is 19.4. The molecule has 0 saturated heterocycles. The zero-order valence-electron chi connectivity index (χ0n) is 13.7. The van der Waals surface area contributed by atoms with Crippen LogP contribution in [0.15, 0.2) is 48.5 Å². The number of aryl methyl sites for hydroxylation is 1. The fourth-order valence-electron chi connectivity index (χ4n) is 2.41. The molecule has 0 fully saturated rings. The van der Waals surface area contributed by atoms with Gasteiger partial charge in [0.2, 0.25) is 5.91 Å². The Kier molecular flexibility index (Phi) is 4.70. The molecule has 26 heavy (non-hydrogen) atoms. The average Bonchev–Trinajstić information content (AvgIpc) is 3.01. The molecule has 0 saturated carbocycles. The summed E-state index contributed by atoms with van der Waals surface area (Å²) in [5.74, 6) is 0.210. The molecule has 9 heteroatoms. The van der Waals surface area contributed by atoms with Crippen molar-refractivity contribution in [3.05, 3.63) is 59.7 Å². The van der Waals surface area contributed by atoms with Gasteiger partial charge < -0.3 is 5.32 Å². The molecule has 2 aromatic carbocycles. The number of aromatic nitrogens is 4. The molecule has 3 rings (SSSR count). The zero-order chi connectivity index (χ0) is 18.7. The van der Waals surface area contributed by atoms with E-state index in [9.17, 15) is 18.0 Å². The molecule has 1 N–H and O–H groups in total. The van der Waals surface area contributed by atoms with Crippen LogP contribution in [0.5, 0.6) is 0 Å². The lowest BCUT2D eigenvalue weighted by Gasteiger charge is -2.09. The second-order valence-corrected chi connectivity index (χ2v) is 5.63. The van der Waals surface area contributed by atoms with Gasteiger partial charge in [0.05, 0.1) is 12.0 Å². The molecule has 1 aromatic heterocycles. The Morgan fingerprint density at radius 3 is 2.50 bits per heavy atom. The summed E-state index contributed by atoms with van der Waals surface area (Å²) in [5.41, 5.74) is 1.02. The molecule has 0 aliphatic rings. The molecule has 0 aliphatic heterocycles. The number of hydrogen-bond acceptors (Lipinski definition) is 4. The lowest BCUT2D eigenvalue weighted by Crippen LogP contribution is -2.14. The number of carbonyl (C=O) groups is 1. The predicted molar refractivity (Wildman–Crippen MR) is 88.0 cm³/mol. The highest BCUT2D eigenvalue weighted by Crippen LogP contribution is 2.29. The number of halogens is 3. The van der Waals surface area contributed by atoms with Crippen molar-refractivity contribution in [1.29, 1.82) is 0 Å². The Morgan fingerprint density at radius 1 is 1.15 bits per heavy atom. The van der Waals surface area contributed by atoms with Gasteiger partial charge in [0.25, 0.3) is 0 Å². The first-order chi connectivity index (χ1) is 12.3. The Morgan fingerprint density at radius 2 is 1.88 bits per heavy atom. The van der Waals surface area contributed by atoms with Crippen molar-refractivity contribution >= 4 is 11.6 Å². The molecule has 6 nitrogen and oxygen atoms in total. The van der Waals surface area contributed by atoms with Crippen molar-refractivity contribution < 1.29 is 18.0 Å². The average molecular weight is 361 g/mol. The van der Waals surface area contributed by atoms with Crippen molar-refractivity contribution in [3.8, 4) is 11.4 Å². The monoisotopic (exact) mass is 361 g/mol. The van der Waals surface area contributed by atoms with Gasteiger partial charge in [0, 0.05) is 18.3 Å². The molecule has 0 radical (unpaired) electrons. The summed E-state index contributed by atoms with van der Waals surface area (Å²) in [4.78, 5) is 12.1. The van der Waals surface area contributed by atoms with Gasteiger partial charge in [0.15, 0.2) is 5.82 Å². The number of rotatable bonds is 4. The van der Waals surface area contributed by atoms with Crippen LogP contribution in [0.25, 0.3) is 11.4 Å². The van der Waals surface area contributed by atoms with Crippen molar-refractivity contribution in [2.24, 2.45) is 7.05 Å². The summed E-state index contributed by atoms with van der Waals surface area (Å²) >= 11 is 0. The second kappa shape index (κ2) is 6.95. The normalized spacial score (nSPS) is 11.4. The smallest absolute Gasteiger partial charge is 0.326 e. The van der Waals surface area contributed by atoms with Crippen molar-refractivity contribution in [3.63, 3.8) is 0 Å². The number of alkyl halides is 3. The number of nitrogens with zero attached hydrogens (tertiary/aromatic N) is 4. The van der Waals surface area contributed by atoms with Crippen molar-refractivity contribution in [2.75, 3.05) is 5.32 Å². The molecule has 134 valence electrons. The summed E-state index contributed by atoms with van der Waals surface area (Å²) in [6.07, 6.45) is -4.43. The SMILES string of the molecule is Cn1nnnc1-c1cccc(NC(=O)Cc2ccc(C(F)(F)F)cc2)c1. The van der Waals surface area contributed by atoms with E-state index in [1.54, 1.807) is 31.3 Å². The van der Waals surface area contributed by atoms with Crippen LogP contribution in [0, 0.1) is 0 Å². The standard InChI is InChI=1S/C17H14F3N5O/c1-25-16(22-23-24-25)12-3-2-4-14(10-12)21-15(26)9-11-5-7-13(8-6-11)17(18,19)20/h2-8,10H,9H2,1H3,(H,21,26). The fraction of sp³-hybridized carbons (Fsp3) is 0.176. The van der Waals surface area contributed by atoms with Crippen molar-refractivity contribution in [1.82, 2.24) is 20.2 Å². The number of tetrazole rings is 1. The maximum atomic E-state index is 12.6. The van der Waals surface area contributed by atoms with E-state index in [0.717, 1.165) is 17.7 Å². The summed E-state index contributed by atoms with van der Waals surface area (Å²) < 4.78 is 39.2. The van der Waals surface area contributed by atoms with Gasteiger partial charge in [-0.25, -0.2) is 4.68 Å². The van der Waals surface area contributed by atoms with Crippen LogP contribution in [-0.4, -0.2) is 26.1 Å². The molecular weight excluding hydrogens is 347 g/mol. The highest BCUT2D eigenvalue weighted by molar-refractivity contribution is 5.92. The van der Waals surface area contributed by atoms with E-state index in [2.05, 4.69) is 20.8 Å². The minimum atomic E-state index is -4.39. The van der Waals surface area contributed by atoms with Gasteiger partial charge in [-0.2, -0.15) is 13.2 Å². The van der Waals surface area contributed by atoms with Crippen LogP contribution in [0.3, 0.4) is 0 Å². The largest absolute Gasteiger partial charge is 0.416 e. The Bertz CT molecular complexity index is 919. The van der Waals surface area contributed by atoms with Gasteiger partial charge in [0.1, 0.15) is 0 Å². The van der Waals surface area contributed by atoms with Gasteiger partial charge in [-0.3, -0.25) is 4.79 Å². The topological polar surface area (TPSA) is 72.7 Å². The molecule has 1 amide bonds. The molecule has 0 atom stereocenters. The third-order valence-electron chi connectivity index (χ3n) is 3.67. The number of amides is 1. The number of carbonyl (C=O) groups excluding carboxylic acids is 1. The van der Waals surface area contributed by atoms with Crippen LogP contribution >= 0.6 is 0 Å². The summed E-state index contributed by atoms with van der Waals surface area (Å²) in [5, 5.41) is 13.9. The van der Waals surface area contributed by atoms with E-state index in [4.69, 9.17) is 0 Å². The van der Waals surface area contributed by atoms with E-state index in [-0.39, 0.29) is 12.3 Å². The molecule has 0 bridgehead atoms. The summed E-state index contributed by atoms with van der Waals surface area (Å²) in [6, 6.07) is 11.5. The Hall–Kier alpha value is -3.23. The Labute approximate surface area is 146 Å². The van der Waals surface area contributed by atoms with E-state index >= 15 is 0 Å². The highest BCUT2D eigenvalue weighted by Gasteiger charge is 2.29. The van der Waals surface area contributed by atoms with Crippen LogP contribution in [0.1, 0.15) is 11.1 Å². The van der Waals surface area contributed by atoms with Gasteiger partial charge in [-0.1, -0.05) is 24.3 Å². The minimum Gasteiger partial charge on any atom is -0.326 e. The molecule has 0 spiro atoms. The van der Waals surface area contributed by atoms with Gasteiger partial charge >= 0.3 is 6.18 Å². The van der Waals surface area contributed by atoms with Crippen LogP contribution in [-0.2, 0) is 24.4 Å². The lowest BCUT2D eigenvalue weighted by atomic mass is 10.1. The third-order valence-corrected chi connectivity index (χ3v) is 3.67. The summed E-state index contributed by atoms with van der Waals surface area (Å²) in [6.45, 7) is 0. The first-order valence-corrected chi connectivity index (χ1v) is 7.62. The van der Waals surface area contributed by atoms with Crippen LogP contribution < -0.4 is 5.32 Å². The molecule has 0 aliphatic carbocycles. The van der Waals surface area contributed by atoms with Gasteiger partial charge in [-0.15, -0.1) is 5.10 Å². The van der Waals surface area contributed by atoms with Gasteiger partial charge in [-0.05, 0) is 40.3 Å². The molecule has 3 aromatic rings. The number of anilines is 1. The van der Waals surface area contributed by atoms with Crippen molar-refractivity contribution in [2.45, 2.75) is 12.6 Å². The molecule has 0 unspecified atom stereocenters. The number of hydrogen-bond donors (Lipinski definition) is 1. The lowest BCUT2D eigenvalue weighted by molar-refractivity contribution is -0.137. The van der Waals surface area contributed by atoms with Crippen LogP contribution in [0.2, 0.25) is 0 Å². The van der Waals surface area contributed by atoms with E-state index in [0.29, 0.717) is 17.1 Å². The molecule has 1 heterocycles. The van der Waals surface area contributed by atoms with E-state index in [1.165, 1.54) is 16.8 Å². The van der Waals surface area contributed by atoms with Crippen LogP contribution in [0.4, 0.5) is 18.9 Å². The maximum Gasteiger partial charge on any atom is 0.416 e. The maximum absolute atomic E-state index is 12.6. The quantitative estimate of drug-likeness (QED) is 0.775. The predicted octanol–water partition coefficient (Wildman–Crippen LogP) is 3.08. The first-order valence-electron chi connectivity index (χ1n) is 7.62. The Balaban J connectivity index is 1.68. The zero-order valence-corrected chi connectivity index (χ0v) is 13.7. The van der Waals surface area contributed by atoms with E-state index in [1.807, 2.05) is 0 Å². The minimum absolute atomic E-state index is 0.0338. The second-order valence-electron chi connectivity index (χ2n) is 5.63. The van der Waals surface area contributed by atoms with E-state index < -0.39 is 11.7 Å². The first kappa shape index (κ1) is 17.6.